The third kappa shape index (κ3) is 4.85. The standard InChI is InChI=1S/C19H21NO6S/c1-11(21)20-14-8-12(6-7-15(14)23-2)19(22)27-13-9-16(24-3)18(26-5)17(10-13)25-4/h6-10H,1-5H3,(H,20,21). The molecule has 0 atom stereocenters. The van der Waals surface area contributed by atoms with Gasteiger partial charge in [-0.2, -0.15) is 0 Å². The second-order valence-electron chi connectivity index (χ2n) is 5.35. The van der Waals surface area contributed by atoms with Crippen LogP contribution in [0.4, 0.5) is 5.69 Å². The van der Waals surface area contributed by atoms with Gasteiger partial charge >= 0.3 is 0 Å². The third-order valence-electron chi connectivity index (χ3n) is 3.59. The van der Waals surface area contributed by atoms with Crippen molar-refractivity contribution in [3.8, 4) is 23.0 Å². The van der Waals surface area contributed by atoms with Crippen LogP contribution in [-0.4, -0.2) is 39.5 Å². The molecule has 0 aliphatic rings. The lowest BCUT2D eigenvalue weighted by atomic mass is 10.2. The van der Waals surface area contributed by atoms with Gasteiger partial charge in [0.15, 0.2) is 11.5 Å². The highest BCUT2D eigenvalue weighted by Crippen LogP contribution is 2.41. The van der Waals surface area contributed by atoms with Crippen molar-refractivity contribution >= 4 is 28.5 Å². The predicted octanol–water partition coefficient (Wildman–Crippen LogP) is 3.61. The van der Waals surface area contributed by atoms with Gasteiger partial charge in [-0.1, -0.05) is 0 Å². The predicted molar refractivity (Wildman–Crippen MR) is 104 cm³/mol. The largest absolute Gasteiger partial charge is 0.495 e. The number of hydrogen-bond acceptors (Lipinski definition) is 7. The molecule has 2 aromatic carbocycles. The highest BCUT2D eigenvalue weighted by Gasteiger charge is 2.17. The fourth-order valence-electron chi connectivity index (χ4n) is 2.40. The number of anilines is 1. The third-order valence-corrected chi connectivity index (χ3v) is 4.49. The molecular formula is C19H21NO6S. The maximum atomic E-state index is 12.7. The zero-order valence-electron chi connectivity index (χ0n) is 15.7. The van der Waals surface area contributed by atoms with Crippen molar-refractivity contribution < 1.29 is 28.5 Å². The molecule has 0 bridgehead atoms. The second-order valence-corrected chi connectivity index (χ2v) is 6.39. The van der Waals surface area contributed by atoms with E-state index in [2.05, 4.69) is 5.32 Å². The summed E-state index contributed by atoms with van der Waals surface area (Å²) < 4.78 is 21.1. The molecule has 0 unspecified atom stereocenters. The minimum absolute atomic E-state index is 0.210. The van der Waals surface area contributed by atoms with Crippen LogP contribution in [0.3, 0.4) is 0 Å². The maximum Gasteiger partial charge on any atom is 0.224 e. The van der Waals surface area contributed by atoms with E-state index in [-0.39, 0.29) is 11.0 Å². The van der Waals surface area contributed by atoms with Crippen molar-refractivity contribution in [1.29, 1.82) is 0 Å². The molecule has 1 N–H and O–H groups in total. The van der Waals surface area contributed by atoms with E-state index in [1.165, 1.54) is 35.4 Å². The Labute approximate surface area is 161 Å². The zero-order valence-corrected chi connectivity index (χ0v) is 16.6. The lowest BCUT2D eigenvalue weighted by Gasteiger charge is -2.14. The number of amides is 1. The van der Waals surface area contributed by atoms with Gasteiger partial charge < -0.3 is 24.3 Å². The Bertz CT molecular complexity index is 827. The van der Waals surface area contributed by atoms with Gasteiger partial charge in [0.2, 0.25) is 16.8 Å². The molecule has 0 aliphatic heterocycles. The summed E-state index contributed by atoms with van der Waals surface area (Å²) in [7, 11) is 6.03. The Morgan fingerprint density at radius 3 is 1.93 bits per heavy atom. The Morgan fingerprint density at radius 2 is 1.44 bits per heavy atom. The number of benzene rings is 2. The molecular weight excluding hydrogens is 370 g/mol. The van der Waals surface area contributed by atoms with Crippen LogP contribution in [-0.2, 0) is 4.79 Å². The van der Waals surface area contributed by atoms with Crippen LogP contribution in [0.25, 0.3) is 0 Å². The molecule has 0 radical (unpaired) electrons. The highest BCUT2D eigenvalue weighted by molar-refractivity contribution is 8.14. The topological polar surface area (TPSA) is 83.1 Å². The van der Waals surface area contributed by atoms with Crippen molar-refractivity contribution in [3.05, 3.63) is 35.9 Å². The minimum Gasteiger partial charge on any atom is -0.495 e. The van der Waals surface area contributed by atoms with Crippen LogP contribution >= 0.6 is 11.8 Å². The lowest BCUT2D eigenvalue weighted by molar-refractivity contribution is -0.114. The summed E-state index contributed by atoms with van der Waals surface area (Å²) in [5.74, 6) is 1.59. The summed E-state index contributed by atoms with van der Waals surface area (Å²) in [5, 5.41) is 2.44. The molecule has 0 spiro atoms. The summed E-state index contributed by atoms with van der Waals surface area (Å²) in [6, 6.07) is 8.24. The van der Waals surface area contributed by atoms with Gasteiger partial charge in [-0.05, 0) is 42.1 Å². The van der Waals surface area contributed by atoms with Crippen molar-refractivity contribution in [3.63, 3.8) is 0 Å². The van der Waals surface area contributed by atoms with E-state index in [0.717, 1.165) is 11.8 Å². The molecule has 8 heteroatoms. The van der Waals surface area contributed by atoms with E-state index in [4.69, 9.17) is 18.9 Å². The molecule has 144 valence electrons. The van der Waals surface area contributed by atoms with Crippen LogP contribution in [0.15, 0.2) is 35.2 Å². The first kappa shape index (κ1) is 20.4. The number of nitrogens with one attached hydrogen (secondary N) is 1. The molecule has 7 nitrogen and oxygen atoms in total. The van der Waals surface area contributed by atoms with Gasteiger partial charge in [-0.3, -0.25) is 9.59 Å². The normalized spacial score (nSPS) is 10.1. The number of methoxy groups -OCH3 is 4. The van der Waals surface area contributed by atoms with Crippen LogP contribution in [0.5, 0.6) is 23.0 Å². The van der Waals surface area contributed by atoms with Gasteiger partial charge in [0, 0.05) is 17.4 Å². The van der Waals surface area contributed by atoms with Crippen molar-refractivity contribution in [2.45, 2.75) is 11.8 Å². The Morgan fingerprint density at radius 1 is 0.852 bits per heavy atom. The van der Waals surface area contributed by atoms with Gasteiger partial charge in [-0.25, -0.2) is 0 Å². The van der Waals surface area contributed by atoms with Crippen LogP contribution < -0.4 is 24.3 Å². The summed E-state index contributed by atoms with van der Waals surface area (Å²) in [6.07, 6.45) is 0. The van der Waals surface area contributed by atoms with E-state index in [9.17, 15) is 9.59 Å². The minimum atomic E-state index is -0.254. The number of thioether (sulfide) groups is 1. The molecule has 0 heterocycles. The van der Waals surface area contributed by atoms with Crippen LogP contribution in [0.2, 0.25) is 0 Å². The average Bonchev–Trinajstić information content (AvgIpc) is 2.66. The first-order valence-electron chi connectivity index (χ1n) is 7.91. The molecule has 27 heavy (non-hydrogen) atoms. The van der Waals surface area contributed by atoms with E-state index < -0.39 is 0 Å². The van der Waals surface area contributed by atoms with Crippen molar-refractivity contribution in [1.82, 2.24) is 0 Å². The van der Waals surface area contributed by atoms with Gasteiger partial charge in [0.25, 0.3) is 0 Å². The highest BCUT2D eigenvalue weighted by atomic mass is 32.2. The van der Waals surface area contributed by atoms with Crippen LogP contribution in [0, 0.1) is 0 Å². The van der Waals surface area contributed by atoms with E-state index in [0.29, 0.717) is 39.1 Å². The Kier molecular flexibility index (Phi) is 6.95. The molecule has 0 aromatic heterocycles. The smallest absolute Gasteiger partial charge is 0.224 e. The maximum absolute atomic E-state index is 12.7. The first-order chi connectivity index (χ1) is 12.9. The SMILES string of the molecule is COc1ccc(C(=O)Sc2cc(OC)c(OC)c(OC)c2)cc1NC(C)=O. The van der Waals surface area contributed by atoms with Gasteiger partial charge in [0.05, 0.1) is 34.1 Å². The van der Waals surface area contributed by atoms with Gasteiger partial charge in [0.1, 0.15) is 5.75 Å². The summed E-state index contributed by atoms with van der Waals surface area (Å²) >= 11 is 1.01. The molecule has 0 saturated heterocycles. The van der Waals surface area contributed by atoms with Crippen molar-refractivity contribution in [2.24, 2.45) is 0 Å². The summed E-state index contributed by atoms with van der Waals surface area (Å²) in [5.41, 5.74) is 0.847. The number of rotatable bonds is 7. The Hall–Kier alpha value is -2.87. The molecule has 2 aromatic rings. The van der Waals surface area contributed by atoms with Crippen LogP contribution in [0.1, 0.15) is 17.3 Å². The molecule has 0 aliphatic carbocycles. The molecule has 2 rings (SSSR count). The van der Waals surface area contributed by atoms with Gasteiger partial charge in [-0.15, -0.1) is 0 Å². The fourth-order valence-corrected chi connectivity index (χ4v) is 3.20. The zero-order chi connectivity index (χ0) is 20.0. The van der Waals surface area contributed by atoms with Crippen molar-refractivity contribution in [2.75, 3.05) is 33.8 Å². The quantitative estimate of drug-likeness (QED) is 0.722. The summed E-state index contributed by atoms with van der Waals surface area (Å²) in [4.78, 5) is 24.7. The number of carbonyl (C=O) groups is 2. The van der Waals surface area contributed by atoms with E-state index >= 15 is 0 Å². The molecule has 1 amide bonds. The fraction of sp³-hybridized carbons (Fsp3) is 0.263. The summed E-state index contributed by atoms with van der Waals surface area (Å²) in [6.45, 7) is 1.39. The number of ether oxygens (including phenoxy) is 4. The lowest BCUT2D eigenvalue weighted by Crippen LogP contribution is -2.08. The second kappa shape index (κ2) is 9.18. The average molecular weight is 391 g/mol. The van der Waals surface area contributed by atoms with E-state index in [1.54, 1.807) is 30.3 Å². The number of carbonyl (C=O) groups excluding carboxylic acids is 2. The molecule has 0 saturated carbocycles. The first-order valence-corrected chi connectivity index (χ1v) is 8.73. The Balaban J connectivity index is 2.33. The van der Waals surface area contributed by atoms with E-state index in [1.807, 2.05) is 0 Å². The monoisotopic (exact) mass is 391 g/mol. The molecule has 0 fully saturated rings. The number of hydrogen-bond donors (Lipinski definition) is 1.